The molecule has 1 fully saturated rings. The third kappa shape index (κ3) is 5.70. The molecule has 0 saturated carbocycles. The van der Waals surface area contributed by atoms with Crippen LogP contribution < -0.4 is 10.6 Å². The van der Waals surface area contributed by atoms with E-state index in [-0.39, 0.29) is 11.8 Å². The highest BCUT2D eigenvalue weighted by Crippen LogP contribution is 2.22. The van der Waals surface area contributed by atoms with Gasteiger partial charge in [-0.1, -0.05) is 38.0 Å². The fraction of sp³-hybridized carbons (Fsp3) is 0.600. The number of amides is 1. The highest BCUT2D eigenvalue weighted by Gasteiger charge is 2.26. The minimum absolute atomic E-state index is 0.126. The van der Waals surface area contributed by atoms with Crippen LogP contribution >= 0.6 is 12.2 Å². The minimum atomic E-state index is 0.126. The Morgan fingerprint density at radius 1 is 1.20 bits per heavy atom. The average Bonchev–Trinajstić information content (AvgIpc) is 2.62. The van der Waals surface area contributed by atoms with E-state index in [9.17, 15) is 4.79 Å². The van der Waals surface area contributed by atoms with Gasteiger partial charge in [0.05, 0.1) is 0 Å². The Hall–Kier alpha value is -1.62. The van der Waals surface area contributed by atoms with Gasteiger partial charge >= 0.3 is 0 Å². The molecule has 0 bridgehead atoms. The largest absolute Gasteiger partial charge is 0.356 e. The summed E-state index contributed by atoms with van der Waals surface area (Å²) in [6, 6.07) is 6.24. The molecule has 1 aliphatic heterocycles. The van der Waals surface area contributed by atoms with Gasteiger partial charge in [0.2, 0.25) is 5.91 Å². The Bertz CT molecular complexity index is 574. The van der Waals surface area contributed by atoms with Gasteiger partial charge in [-0.05, 0) is 56.5 Å². The molecule has 1 heterocycles. The molecule has 2 N–H and O–H groups in total. The van der Waals surface area contributed by atoms with Gasteiger partial charge in [0.1, 0.15) is 0 Å². The maximum atomic E-state index is 12.2. The van der Waals surface area contributed by atoms with Gasteiger partial charge in [-0.25, -0.2) is 0 Å². The summed E-state index contributed by atoms with van der Waals surface area (Å²) < 4.78 is 0. The fourth-order valence-corrected chi connectivity index (χ4v) is 3.56. The van der Waals surface area contributed by atoms with Crippen molar-refractivity contribution in [3.8, 4) is 0 Å². The summed E-state index contributed by atoms with van der Waals surface area (Å²) in [4.78, 5) is 14.4. The van der Waals surface area contributed by atoms with Gasteiger partial charge in [0.25, 0.3) is 0 Å². The number of hydrogen-bond donors (Lipinski definition) is 2. The first-order valence-corrected chi connectivity index (χ1v) is 9.83. The van der Waals surface area contributed by atoms with Gasteiger partial charge < -0.3 is 15.5 Å². The Morgan fingerprint density at radius 3 is 2.44 bits per heavy atom. The van der Waals surface area contributed by atoms with Crippen LogP contribution in [0.1, 0.15) is 50.2 Å². The third-order valence-electron chi connectivity index (χ3n) is 4.95. The summed E-state index contributed by atoms with van der Waals surface area (Å²) in [5.41, 5.74) is 3.50. The number of unbranched alkanes of at least 4 members (excludes halogenated alkanes) is 2. The number of nitrogens with zero attached hydrogens (tertiary/aromatic N) is 1. The van der Waals surface area contributed by atoms with Crippen molar-refractivity contribution in [2.45, 2.75) is 52.9 Å². The molecule has 1 saturated heterocycles. The van der Waals surface area contributed by atoms with E-state index in [1.165, 1.54) is 24.0 Å². The van der Waals surface area contributed by atoms with Crippen LogP contribution in [0.5, 0.6) is 0 Å². The van der Waals surface area contributed by atoms with Crippen LogP contribution in [-0.2, 0) is 4.79 Å². The Labute approximate surface area is 157 Å². The summed E-state index contributed by atoms with van der Waals surface area (Å²) in [5.74, 6) is 0.338. The quantitative estimate of drug-likeness (QED) is 0.593. The molecule has 0 radical (unpaired) electrons. The minimum Gasteiger partial charge on any atom is -0.356 e. The predicted molar refractivity (Wildman–Crippen MR) is 109 cm³/mol. The molecule has 0 spiro atoms. The van der Waals surface area contributed by atoms with Crippen molar-refractivity contribution >= 4 is 28.9 Å². The van der Waals surface area contributed by atoms with E-state index < -0.39 is 0 Å². The number of likely N-dealkylation sites (tertiary alicyclic amines) is 1. The van der Waals surface area contributed by atoms with Crippen molar-refractivity contribution in [2.24, 2.45) is 5.92 Å². The first kappa shape index (κ1) is 19.7. The standard InChI is InChI=1S/C20H31N3OS/c1-4-5-6-12-21-19(24)17-10-13-23(14-11-17)20(25)22-18-15(2)8-7-9-16(18)3/h7-9,17H,4-6,10-14H2,1-3H3,(H,21,24)(H,22,25). The third-order valence-corrected chi connectivity index (χ3v) is 5.31. The predicted octanol–water partition coefficient (Wildman–Crippen LogP) is 4.02. The highest BCUT2D eigenvalue weighted by molar-refractivity contribution is 7.80. The normalized spacial score (nSPS) is 15.1. The molecule has 1 amide bonds. The molecule has 2 rings (SSSR count). The zero-order valence-electron chi connectivity index (χ0n) is 15.7. The highest BCUT2D eigenvalue weighted by atomic mass is 32.1. The van der Waals surface area contributed by atoms with E-state index in [0.29, 0.717) is 0 Å². The number of piperidine rings is 1. The second kappa shape index (κ2) is 9.76. The molecule has 4 nitrogen and oxygen atoms in total. The lowest BCUT2D eigenvalue weighted by atomic mass is 9.96. The van der Waals surface area contributed by atoms with Crippen molar-refractivity contribution in [3.05, 3.63) is 29.3 Å². The summed E-state index contributed by atoms with van der Waals surface area (Å²) in [6.07, 6.45) is 5.17. The van der Waals surface area contributed by atoms with E-state index in [4.69, 9.17) is 12.2 Å². The molecular weight excluding hydrogens is 330 g/mol. The van der Waals surface area contributed by atoms with Crippen LogP contribution in [0, 0.1) is 19.8 Å². The van der Waals surface area contributed by atoms with Crippen molar-refractivity contribution < 1.29 is 4.79 Å². The van der Waals surface area contributed by atoms with Crippen molar-refractivity contribution in [1.29, 1.82) is 0 Å². The molecule has 0 aromatic heterocycles. The first-order chi connectivity index (χ1) is 12.0. The molecule has 1 aliphatic rings. The summed E-state index contributed by atoms with van der Waals surface area (Å²) in [7, 11) is 0. The van der Waals surface area contributed by atoms with Gasteiger partial charge in [0.15, 0.2) is 5.11 Å². The molecule has 0 atom stereocenters. The lowest BCUT2D eigenvalue weighted by Crippen LogP contribution is -2.44. The molecule has 138 valence electrons. The van der Waals surface area contributed by atoms with Gasteiger partial charge in [-0.3, -0.25) is 4.79 Å². The monoisotopic (exact) mass is 361 g/mol. The van der Waals surface area contributed by atoms with Gasteiger partial charge in [-0.2, -0.15) is 0 Å². The number of para-hydroxylation sites is 1. The number of nitrogens with one attached hydrogen (secondary N) is 2. The first-order valence-electron chi connectivity index (χ1n) is 9.42. The number of thiocarbonyl (C=S) groups is 1. The van der Waals surface area contributed by atoms with E-state index in [1.807, 2.05) is 0 Å². The van der Waals surface area contributed by atoms with Gasteiger partial charge in [-0.15, -0.1) is 0 Å². The number of carbonyl (C=O) groups is 1. The van der Waals surface area contributed by atoms with Crippen LogP contribution in [0.2, 0.25) is 0 Å². The molecule has 1 aromatic rings. The van der Waals surface area contributed by atoms with E-state index in [0.717, 1.165) is 49.7 Å². The SMILES string of the molecule is CCCCCNC(=O)C1CCN(C(=S)Nc2c(C)cccc2C)CC1. The molecule has 0 unspecified atom stereocenters. The molecule has 1 aromatic carbocycles. The number of rotatable bonds is 6. The lowest BCUT2D eigenvalue weighted by Gasteiger charge is -2.33. The molecule has 0 aliphatic carbocycles. The number of benzene rings is 1. The Morgan fingerprint density at radius 2 is 1.84 bits per heavy atom. The zero-order valence-corrected chi connectivity index (χ0v) is 16.5. The van der Waals surface area contributed by atoms with Crippen LogP contribution in [0.4, 0.5) is 5.69 Å². The smallest absolute Gasteiger partial charge is 0.223 e. The van der Waals surface area contributed by atoms with Crippen LogP contribution in [-0.4, -0.2) is 35.6 Å². The zero-order chi connectivity index (χ0) is 18.2. The average molecular weight is 362 g/mol. The van der Waals surface area contributed by atoms with Crippen molar-refractivity contribution in [2.75, 3.05) is 25.0 Å². The molecule has 25 heavy (non-hydrogen) atoms. The summed E-state index contributed by atoms with van der Waals surface area (Å²) in [6.45, 7) is 8.83. The number of carbonyl (C=O) groups excluding carboxylic acids is 1. The summed E-state index contributed by atoms with van der Waals surface area (Å²) >= 11 is 5.59. The van der Waals surface area contributed by atoms with Crippen molar-refractivity contribution in [3.63, 3.8) is 0 Å². The second-order valence-electron chi connectivity index (χ2n) is 6.96. The van der Waals surface area contributed by atoms with E-state index >= 15 is 0 Å². The second-order valence-corrected chi connectivity index (χ2v) is 7.34. The number of hydrogen-bond acceptors (Lipinski definition) is 2. The lowest BCUT2D eigenvalue weighted by molar-refractivity contribution is -0.126. The summed E-state index contributed by atoms with van der Waals surface area (Å²) in [5, 5.41) is 7.24. The molecular formula is C20H31N3OS. The Kier molecular flexibility index (Phi) is 7.69. The van der Waals surface area contributed by atoms with E-state index in [2.05, 4.69) is 54.5 Å². The maximum absolute atomic E-state index is 12.2. The Balaban J connectivity index is 1.79. The fourth-order valence-electron chi connectivity index (χ4n) is 3.27. The van der Waals surface area contributed by atoms with E-state index in [1.54, 1.807) is 0 Å². The van der Waals surface area contributed by atoms with Crippen LogP contribution in [0.3, 0.4) is 0 Å². The number of anilines is 1. The van der Waals surface area contributed by atoms with Crippen molar-refractivity contribution in [1.82, 2.24) is 10.2 Å². The number of aryl methyl sites for hydroxylation is 2. The maximum Gasteiger partial charge on any atom is 0.223 e. The molecule has 5 heteroatoms. The van der Waals surface area contributed by atoms with Gasteiger partial charge in [0, 0.05) is 31.2 Å². The van der Waals surface area contributed by atoms with Crippen LogP contribution in [0.25, 0.3) is 0 Å². The topological polar surface area (TPSA) is 44.4 Å². The van der Waals surface area contributed by atoms with Crippen LogP contribution in [0.15, 0.2) is 18.2 Å².